The molecule has 1 heteroatoms. The molecule has 92 valence electrons. The molecule has 0 fully saturated rings. The van der Waals surface area contributed by atoms with E-state index in [1.807, 2.05) is 0 Å². The van der Waals surface area contributed by atoms with Crippen LogP contribution in [0.5, 0.6) is 5.75 Å². The maximum absolute atomic E-state index is 5.89. The van der Waals surface area contributed by atoms with Gasteiger partial charge in [-0.15, -0.1) is 0 Å². The zero-order valence-corrected chi connectivity index (χ0v) is 11.2. The molecular weight excluding hydrogens is 220 g/mol. The van der Waals surface area contributed by atoms with Crippen LogP contribution >= 0.6 is 0 Å². The van der Waals surface area contributed by atoms with Gasteiger partial charge in [0, 0.05) is 12.0 Å². The molecule has 18 heavy (non-hydrogen) atoms. The van der Waals surface area contributed by atoms with Crippen molar-refractivity contribution in [1.29, 1.82) is 0 Å². The van der Waals surface area contributed by atoms with E-state index in [1.165, 1.54) is 33.4 Å². The van der Waals surface area contributed by atoms with Crippen LogP contribution in [0.2, 0.25) is 0 Å². The Bertz CT molecular complexity index is 611. The van der Waals surface area contributed by atoms with Gasteiger partial charge in [-0.2, -0.15) is 0 Å². The Hall–Kier alpha value is -1.76. The molecule has 0 amide bonds. The van der Waals surface area contributed by atoms with E-state index in [-0.39, 0.29) is 0 Å². The lowest BCUT2D eigenvalue weighted by atomic mass is 9.98. The summed E-state index contributed by atoms with van der Waals surface area (Å²) in [6.07, 6.45) is 1.00. The van der Waals surface area contributed by atoms with Gasteiger partial charge >= 0.3 is 0 Å². The van der Waals surface area contributed by atoms with Crippen LogP contribution < -0.4 is 4.74 Å². The van der Waals surface area contributed by atoms with Gasteiger partial charge in [0.15, 0.2) is 0 Å². The molecule has 1 aliphatic rings. The number of fused-ring (bicyclic) bond motifs is 3. The summed E-state index contributed by atoms with van der Waals surface area (Å²) in [6.45, 7) is 7.10. The predicted octanol–water partition coefficient (Wildman–Crippen LogP) is 4.27. The van der Waals surface area contributed by atoms with Crippen LogP contribution in [0.4, 0.5) is 0 Å². The minimum absolute atomic E-state index is 0.729. The SMILES string of the molecule is CCOc1c(C)c(C)cc2c1Cc1ccccc1-2. The number of rotatable bonds is 2. The fraction of sp³-hybridized carbons (Fsp3) is 0.294. The van der Waals surface area contributed by atoms with Crippen molar-refractivity contribution in [3.05, 3.63) is 52.6 Å². The molecular formula is C17H18O. The van der Waals surface area contributed by atoms with E-state index in [2.05, 4.69) is 51.1 Å². The highest BCUT2D eigenvalue weighted by molar-refractivity contribution is 5.80. The first-order valence-corrected chi connectivity index (χ1v) is 6.56. The van der Waals surface area contributed by atoms with Crippen LogP contribution in [0.25, 0.3) is 11.1 Å². The second-order valence-electron chi connectivity index (χ2n) is 4.94. The molecule has 0 saturated heterocycles. The number of benzene rings is 2. The molecule has 0 aromatic heterocycles. The third-order valence-corrected chi connectivity index (χ3v) is 3.86. The normalized spacial score (nSPS) is 12.2. The van der Waals surface area contributed by atoms with Crippen molar-refractivity contribution in [2.75, 3.05) is 6.61 Å². The second-order valence-corrected chi connectivity index (χ2v) is 4.94. The van der Waals surface area contributed by atoms with E-state index >= 15 is 0 Å². The van der Waals surface area contributed by atoms with Crippen molar-refractivity contribution in [3.8, 4) is 16.9 Å². The summed E-state index contributed by atoms with van der Waals surface area (Å²) in [5.41, 5.74) is 8.10. The Morgan fingerprint density at radius 1 is 1.11 bits per heavy atom. The van der Waals surface area contributed by atoms with Crippen molar-refractivity contribution < 1.29 is 4.74 Å². The number of ether oxygens (including phenoxy) is 1. The van der Waals surface area contributed by atoms with Crippen molar-refractivity contribution in [2.24, 2.45) is 0 Å². The minimum atomic E-state index is 0.729. The van der Waals surface area contributed by atoms with Crippen LogP contribution in [-0.4, -0.2) is 6.61 Å². The summed E-state index contributed by atoms with van der Waals surface area (Å²) >= 11 is 0. The predicted molar refractivity (Wildman–Crippen MR) is 75.3 cm³/mol. The Labute approximate surface area is 108 Å². The summed E-state index contributed by atoms with van der Waals surface area (Å²) in [7, 11) is 0. The Morgan fingerprint density at radius 3 is 2.67 bits per heavy atom. The minimum Gasteiger partial charge on any atom is -0.493 e. The van der Waals surface area contributed by atoms with Gasteiger partial charge in [-0.3, -0.25) is 0 Å². The largest absolute Gasteiger partial charge is 0.493 e. The van der Waals surface area contributed by atoms with Gasteiger partial charge in [0.25, 0.3) is 0 Å². The first-order chi connectivity index (χ1) is 8.72. The quantitative estimate of drug-likeness (QED) is 0.647. The highest BCUT2D eigenvalue weighted by Gasteiger charge is 2.23. The molecule has 0 N–H and O–H groups in total. The van der Waals surface area contributed by atoms with Crippen LogP contribution in [0, 0.1) is 13.8 Å². The molecule has 0 radical (unpaired) electrons. The van der Waals surface area contributed by atoms with Crippen LogP contribution in [-0.2, 0) is 6.42 Å². The van der Waals surface area contributed by atoms with Gasteiger partial charge < -0.3 is 4.74 Å². The van der Waals surface area contributed by atoms with E-state index in [0.717, 1.165) is 18.8 Å². The van der Waals surface area contributed by atoms with Crippen LogP contribution in [0.15, 0.2) is 30.3 Å². The maximum atomic E-state index is 5.89. The smallest absolute Gasteiger partial charge is 0.126 e. The van der Waals surface area contributed by atoms with E-state index in [9.17, 15) is 0 Å². The molecule has 0 atom stereocenters. The summed E-state index contributed by atoms with van der Waals surface area (Å²) in [5, 5.41) is 0. The van der Waals surface area contributed by atoms with E-state index < -0.39 is 0 Å². The third kappa shape index (κ3) is 1.54. The molecule has 2 aromatic rings. The fourth-order valence-corrected chi connectivity index (χ4v) is 2.82. The lowest BCUT2D eigenvalue weighted by molar-refractivity contribution is 0.335. The van der Waals surface area contributed by atoms with E-state index in [0.29, 0.717) is 0 Å². The van der Waals surface area contributed by atoms with Crippen molar-refractivity contribution >= 4 is 0 Å². The van der Waals surface area contributed by atoms with Crippen molar-refractivity contribution in [1.82, 2.24) is 0 Å². The Balaban J connectivity index is 2.25. The highest BCUT2D eigenvalue weighted by atomic mass is 16.5. The number of hydrogen-bond acceptors (Lipinski definition) is 1. The maximum Gasteiger partial charge on any atom is 0.126 e. The summed E-state index contributed by atoms with van der Waals surface area (Å²) in [5.74, 6) is 1.10. The number of hydrogen-bond donors (Lipinski definition) is 0. The molecule has 0 unspecified atom stereocenters. The molecule has 0 spiro atoms. The fourth-order valence-electron chi connectivity index (χ4n) is 2.82. The Kier molecular flexibility index (Phi) is 2.62. The average Bonchev–Trinajstić information content (AvgIpc) is 2.74. The molecule has 0 bridgehead atoms. The lowest BCUT2D eigenvalue weighted by Gasteiger charge is -2.15. The van der Waals surface area contributed by atoms with Crippen LogP contribution in [0.1, 0.15) is 29.2 Å². The van der Waals surface area contributed by atoms with Gasteiger partial charge in [-0.1, -0.05) is 30.3 Å². The van der Waals surface area contributed by atoms with Gasteiger partial charge in [0.2, 0.25) is 0 Å². The first-order valence-electron chi connectivity index (χ1n) is 6.56. The highest BCUT2D eigenvalue weighted by Crippen LogP contribution is 2.43. The monoisotopic (exact) mass is 238 g/mol. The summed E-state index contributed by atoms with van der Waals surface area (Å²) < 4.78 is 5.89. The standard InChI is InChI=1S/C17H18O/c1-4-18-17-12(3)11(2)9-15-14-8-6-5-7-13(14)10-16(15)17/h5-9H,4,10H2,1-3H3. The number of aryl methyl sites for hydroxylation is 1. The second kappa shape index (κ2) is 4.16. The molecule has 0 heterocycles. The van der Waals surface area contributed by atoms with Crippen molar-refractivity contribution in [3.63, 3.8) is 0 Å². The van der Waals surface area contributed by atoms with Gasteiger partial charge in [0.05, 0.1) is 6.61 Å². The zero-order chi connectivity index (χ0) is 12.7. The van der Waals surface area contributed by atoms with E-state index in [1.54, 1.807) is 0 Å². The van der Waals surface area contributed by atoms with Crippen molar-refractivity contribution in [2.45, 2.75) is 27.2 Å². The molecule has 1 nitrogen and oxygen atoms in total. The zero-order valence-electron chi connectivity index (χ0n) is 11.2. The molecule has 0 saturated carbocycles. The average molecular weight is 238 g/mol. The molecule has 3 rings (SSSR count). The first kappa shape index (κ1) is 11.3. The summed E-state index contributed by atoms with van der Waals surface area (Å²) in [6, 6.07) is 11.0. The summed E-state index contributed by atoms with van der Waals surface area (Å²) in [4.78, 5) is 0. The van der Waals surface area contributed by atoms with Gasteiger partial charge in [0.1, 0.15) is 5.75 Å². The van der Waals surface area contributed by atoms with Crippen LogP contribution in [0.3, 0.4) is 0 Å². The molecule has 2 aromatic carbocycles. The molecule has 1 aliphatic carbocycles. The Morgan fingerprint density at radius 2 is 1.89 bits per heavy atom. The molecule has 0 aliphatic heterocycles. The third-order valence-electron chi connectivity index (χ3n) is 3.86. The topological polar surface area (TPSA) is 9.23 Å². The van der Waals surface area contributed by atoms with Gasteiger partial charge in [-0.05, 0) is 48.6 Å². The van der Waals surface area contributed by atoms with Gasteiger partial charge in [-0.25, -0.2) is 0 Å². The lowest BCUT2D eigenvalue weighted by Crippen LogP contribution is -2.00. The van der Waals surface area contributed by atoms with E-state index in [4.69, 9.17) is 4.74 Å².